The molecule has 3 rings (SSSR count). The summed E-state index contributed by atoms with van der Waals surface area (Å²) in [6.45, 7) is 2.61. The molecule has 3 heteroatoms. The number of hydrogen-bond donors (Lipinski definition) is 2. The summed E-state index contributed by atoms with van der Waals surface area (Å²) in [7, 11) is 0. The number of benzene rings is 2. The fourth-order valence-corrected chi connectivity index (χ4v) is 2.51. The molecule has 0 saturated heterocycles. The normalized spacial score (nSPS) is 12.5. The first-order valence-electron chi connectivity index (χ1n) is 7.24. The Morgan fingerprint density at radius 3 is 2.71 bits per heavy atom. The van der Waals surface area contributed by atoms with Gasteiger partial charge in [0, 0.05) is 29.2 Å². The zero-order valence-electron chi connectivity index (χ0n) is 12.2. The fourth-order valence-electron chi connectivity index (χ4n) is 2.51. The summed E-state index contributed by atoms with van der Waals surface area (Å²) in [5, 5.41) is 1.22. The van der Waals surface area contributed by atoms with Crippen molar-refractivity contribution >= 4 is 10.9 Å². The first kappa shape index (κ1) is 13.7. The van der Waals surface area contributed by atoms with E-state index in [1.165, 1.54) is 16.5 Å². The minimum absolute atomic E-state index is 0.165. The Morgan fingerprint density at radius 1 is 1.14 bits per heavy atom. The molecule has 108 valence electrons. The van der Waals surface area contributed by atoms with E-state index in [4.69, 9.17) is 10.5 Å². The lowest BCUT2D eigenvalue weighted by molar-refractivity contribution is 0.306. The van der Waals surface area contributed by atoms with Gasteiger partial charge < -0.3 is 15.5 Å². The van der Waals surface area contributed by atoms with Crippen molar-refractivity contribution in [3.05, 3.63) is 65.9 Å². The van der Waals surface area contributed by atoms with Gasteiger partial charge in [-0.05, 0) is 36.6 Å². The van der Waals surface area contributed by atoms with Gasteiger partial charge in [-0.15, -0.1) is 0 Å². The van der Waals surface area contributed by atoms with Crippen LogP contribution in [-0.2, 0) is 13.0 Å². The molecule has 2 aromatic carbocycles. The third-order valence-corrected chi connectivity index (χ3v) is 3.53. The van der Waals surface area contributed by atoms with Crippen LogP contribution in [0.15, 0.2) is 54.7 Å². The number of H-pyrrole nitrogens is 1. The van der Waals surface area contributed by atoms with Crippen LogP contribution in [0.1, 0.15) is 18.1 Å². The molecule has 0 unspecified atom stereocenters. The Balaban J connectivity index is 1.75. The Kier molecular flexibility index (Phi) is 3.93. The average Bonchev–Trinajstić information content (AvgIpc) is 2.88. The molecule has 0 bridgehead atoms. The molecular formula is C18H20N2O. The van der Waals surface area contributed by atoms with E-state index in [9.17, 15) is 0 Å². The Hall–Kier alpha value is -2.26. The molecule has 3 aromatic rings. The molecule has 0 aliphatic heterocycles. The van der Waals surface area contributed by atoms with Gasteiger partial charge in [0.05, 0.1) is 0 Å². The fraction of sp³-hybridized carbons (Fsp3) is 0.222. The van der Waals surface area contributed by atoms with E-state index in [2.05, 4.69) is 23.2 Å². The maximum atomic E-state index is 5.88. The largest absolute Gasteiger partial charge is 0.489 e. The van der Waals surface area contributed by atoms with Gasteiger partial charge in [0.2, 0.25) is 0 Å². The van der Waals surface area contributed by atoms with E-state index in [-0.39, 0.29) is 6.04 Å². The van der Waals surface area contributed by atoms with Crippen molar-refractivity contribution in [2.24, 2.45) is 5.73 Å². The number of fused-ring (bicyclic) bond motifs is 1. The van der Waals surface area contributed by atoms with Crippen LogP contribution in [0.25, 0.3) is 10.9 Å². The molecule has 3 nitrogen and oxygen atoms in total. The molecule has 0 spiro atoms. The predicted octanol–water partition coefficient (Wildman–Crippen LogP) is 3.64. The van der Waals surface area contributed by atoms with Gasteiger partial charge >= 0.3 is 0 Å². The smallest absolute Gasteiger partial charge is 0.121 e. The number of aromatic nitrogens is 1. The summed E-state index contributed by atoms with van der Waals surface area (Å²) < 4.78 is 5.85. The highest BCUT2D eigenvalue weighted by atomic mass is 16.5. The van der Waals surface area contributed by atoms with Crippen LogP contribution >= 0.6 is 0 Å². The van der Waals surface area contributed by atoms with Crippen LogP contribution in [0.2, 0.25) is 0 Å². The first-order valence-corrected chi connectivity index (χ1v) is 7.24. The lowest BCUT2D eigenvalue weighted by atomic mass is 10.1. The van der Waals surface area contributed by atoms with E-state index in [0.717, 1.165) is 17.7 Å². The molecular weight excluding hydrogens is 260 g/mol. The Morgan fingerprint density at radius 2 is 1.95 bits per heavy atom. The second-order valence-corrected chi connectivity index (χ2v) is 5.48. The molecule has 1 aromatic heterocycles. The topological polar surface area (TPSA) is 51.0 Å². The molecule has 1 heterocycles. The number of ether oxygens (including phenoxy) is 1. The van der Waals surface area contributed by atoms with E-state index in [1.54, 1.807) is 0 Å². The van der Waals surface area contributed by atoms with E-state index in [0.29, 0.717) is 6.61 Å². The van der Waals surface area contributed by atoms with Gasteiger partial charge in [0.25, 0.3) is 0 Å². The highest BCUT2D eigenvalue weighted by molar-refractivity contribution is 5.84. The van der Waals surface area contributed by atoms with Crippen molar-refractivity contribution in [3.63, 3.8) is 0 Å². The third kappa shape index (κ3) is 3.26. The van der Waals surface area contributed by atoms with Crippen LogP contribution in [0.4, 0.5) is 0 Å². The first-order chi connectivity index (χ1) is 10.2. The second-order valence-electron chi connectivity index (χ2n) is 5.48. The van der Waals surface area contributed by atoms with Crippen molar-refractivity contribution in [2.45, 2.75) is 26.0 Å². The van der Waals surface area contributed by atoms with Crippen LogP contribution in [0.3, 0.4) is 0 Å². The number of rotatable bonds is 5. The van der Waals surface area contributed by atoms with Gasteiger partial charge in [0.1, 0.15) is 12.4 Å². The van der Waals surface area contributed by atoms with Gasteiger partial charge in [0.15, 0.2) is 0 Å². The van der Waals surface area contributed by atoms with Crippen molar-refractivity contribution in [3.8, 4) is 5.75 Å². The Bertz CT molecular complexity index is 716. The number of nitrogens with two attached hydrogens (primary N) is 1. The summed E-state index contributed by atoms with van der Waals surface area (Å²) in [6.07, 6.45) is 2.92. The minimum Gasteiger partial charge on any atom is -0.489 e. The Labute approximate surface area is 124 Å². The zero-order valence-corrected chi connectivity index (χ0v) is 12.2. The molecule has 0 fully saturated rings. The average molecular weight is 280 g/mol. The van der Waals surface area contributed by atoms with Crippen LogP contribution in [0, 0.1) is 0 Å². The molecule has 21 heavy (non-hydrogen) atoms. The summed E-state index contributed by atoms with van der Waals surface area (Å²) in [5.41, 5.74) is 9.40. The van der Waals surface area contributed by atoms with Crippen LogP contribution < -0.4 is 10.5 Å². The molecule has 1 atom stereocenters. The van der Waals surface area contributed by atoms with Crippen molar-refractivity contribution in [2.75, 3.05) is 0 Å². The van der Waals surface area contributed by atoms with Gasteiger partial charge in [-0.25, -0.2) is 0 Å². The molecule has 0 aliphatic carbocycles. The molecule has 3 N–H and O–H groups in total. The zero-order chi connectivity index (χ0) is 14.7. The summed E-state index contributed by atoms with van der Waals surface area (Å²) in [4.78, 5) is 3.30. The van der Waals surface area contributed by atoms with Crippen molar-refractivity contribution in [1.29, 1.82) is 0 Å². The van der Waals surface area contributed by atoms with E-state index < -0.39 is 0 Å². The quantitative estimate of drug-likeness (QED) is 0.749. The molecule has 0 amide bonds. The van der Waals surface area contributed by atoms with Crippen molar-refractivity contribution in [1.82, 2.24) is 4.98 Å². The second kappa shape index (κ2) is 6.02. The summed E-state index contributed by atoms with van der Waals surface area (Å²) in [5.74, 6) is 0.876. The highest BCUT2D eigenvalue weighted by Crippen LogP contribution is 2.24. The summed E-state index contributed by atoms with van der Waals surface area (Å²) in [6, 6.07) is 16.5. The SMILES string of the molecule is C[C@@H](N)Cc1c[nH]c2cc(OCc3ccccc3)ccc12. The van der Waals surface area contributed by atoms with Crippen LogP contribution in [-0.4, -0.2) is 11.0 Å². The van der Waals surface area contributed by atoms with Crippen LogP contribution in [0.5, 0.6) is 5.75 Å². The van der Waals surface area contributed by atoms with E-state index >= 15 is 0 Å². The highest BCUT2D eigenvalue weighted by Gasteiger charge is 2.07. The third-order valence-electron chi connectivity index (χ3n) is 3.53. The monoisotopic (exact) mass is 280 g/mol. The lowest BCUT2D eigenvalue weighted by Crippen LogP contribution is -2.17. The van der Waals surface area contributed by atoms with Gasteiger partial charge in [-0.2, -0.15) is 0 Å². The van der Waals surface area contributed by atoms with Crippen molar-refractivity contribution < 1.29 is 4.74 Å². The molecule has 0 saturated carbocycles. The number of aromatic amines is 1. The maximum Gasteiger partial charge on any atom is 0.121 e. The molecule has 0 aliphatic rings. The van der Waals surface area contributed by atoms with Gasteiger partial charge in [-0.3, -0.25) is 0 Å². The maximum absolute atomic E-state index is 5.88. The number of nitrogens with one attached hydrogen (secondary N) is 1. The number of hydrogen-bond acceptors (Lipinski definition) is 2. The predicted molar refractivity (Wildman–Crippen MR) is 86.4 cm³/mol. The minimum atomic E-state index is 0.165. The standard InChI is InChI=1S/C18H20N2O/c1-13(19)9-15-11-20-18-10-16(7-8-17(15)18)21-12-14-5-3-2-4-6-14/h2-8,10-11,13,20H,9,12,19H2,1H3/t13-/m1/s1. The lowest BCUT2D eigenvalue weighted by Gasteiger charge is -2.07. The summed E-state index contributed by atoms with van der Waals surface area (Å²) >= 11 is 0. The van der Waals surface area contributed by atoms with Gasteiger partial charge in [-0.1, -0.05) is 30.3 Å². The van der Waals surface area contributed by atoms with E-state index in [1.807, 2.05) is 43.5 Å². The molecule has 0 radical (unpaired) electrons.